The summed E-state index contributed by atoms with van der Waals surface area (Å²) in [7, 11) is 1.51. The SMILES string of the molecule is COc1ccc(CNC(=O)Cc2c(C)nc3nc(C(F)(F)F)nn3c2C)cn1. The van der Waals surface area contributed by atoms with Crippen molar-refractivity contribution in [3.05, 3.63) is 46.7 Å². The number of halogens is 3. The van der Waals surface area contributed by atoms with Crippen molar-refractivity contribution in [2.45, 2.75) is 33.0 Å². The molecule has 28 heavy (non-hydrogen) atoms. The number of nitrogens with zero attached hydrogens (tertiary/aromatic N) is 5. The second-order valence-corrected chi connectivity index (χ2v) is 6.07. The van der Waals surface area contributed by atoms with Crippen LogP contribution in [-0.4, -0.2) is 37.6 Å². The summed E-state index contributed by atoms with van der Waals surface area (Å²) < 4.78 is 44.5. The molecule has 0 fully saturated rings. The van der Waals surface area contributed by atoms with E-state index in [4.69, 9.17) is 4.74 Å². The van der Waals surface area contributed by atoms with Gasteiger partial charge in [0.2, 0.25) is 11.8 Å². The zero-order valence-electron chi connectivity index (χ0n) is 15.3. The molecule has 1 amide bonds. The third-order valence-corrected chi connectivity index (χ3v) is 4.14. The Morgan fingerprint density at radius 1 is 1.25 bits per heavy atom. The monoisotopic (exact) mass is 394 g/mol. The van der Waals surface area contributed by atoms with Crippen LogP contribution in [0.25, 0.3) is 5.78 Å². The predicted molar refractivity (Wildman–Crippen MR) is 91.6 cm³/mol. The third kappa shape index (κ3) is 4.02. The van der Waals surface area contributed by atoms with Crippen molar-refractivity contribution < 1.29 is 22.7 Å². The molecule has 3 heterocycles. The van der Waals surface area contributed by atoms with E-state index in [0.717, 1.165) is 10.1 Å². The van der Waals surface area contributed by atoms with E-state index >= 15 is 0 Å². The predicted octanol–water partition coefficient (Wildman–Crippen LogP) is 2.02. The number of carbonyl (C=O) groups excluding carboxylic acids is 1. The molecule has 0 atom stereocenters. The zero-order chi connectivity index (χ0) is 20.5. The summed E-state index contributed by atoms with van der Waals surface area (Å²) in [5.41, 5.74) is 2.08. The second-order valence-electron chi connectivity index (χ2n) is 6.07. The van der Waals surface area contributed by atoms with Crippen LogP contribution in [0.15, 0.2) is 18.3 Å². The average Bonchev–Trinajstić information content (AvgIpc) is 3.08. The largest absolute Gasteiger partial charge is 0.481 e. The van der Waals surface area contributed by atoms with Crippen LogP contribution in [0.3, 0.4) is 0 Å². The average molecular weight is 394 g/mol. The van der Waals surface area contributed by atoms with E-state index in [2.05, 4.69) is 25.4 Å². The summed E-state index contributed by atoms with van der Waals surface area (Å²) in [6.45, 7) is 3.45. The number of rotatable bonds is 5. The number of hydrogen-bond donors (Lipinski definition) is 1. The van der Waals surface area contributed by atoms with Gasteiger partial charge in [-0.2, -0.15) is 18.2 Å². The van der Waals surface area contributed by atoms with E-state index in [9.17, 15) is 18.0 Å². The van der Waals surface area contributed by atoms with E-state index in [0.29, 0.717) is 22.8 Å². The maximum atomic E-state index is 12.8. The van der Waals surface area contributed by atoms with Crippen molar-refractivity contribution >= 4 is 11.7 Å². The summed E-state index contributed by atoms with van der Waals surface area (Å²) in [5, 5.41) is 6.21. The van der Waals surface area contributed by atoms with Gasteiger partial charge in [0, 0.05) is 35.8 Å². The summed E-state index contributed by atoms with van der Waals surface area (Å²) in [5.74, 6) is -1.27. The second kappa shape index (κ2) is 7.41. The normalized spacial score (nSPS) is 11.6. The number of nitrogens with one attached hydrogen (secondary N) is 1. The van der Waals surface area contributed by atoms with E-state index in [1.807, 2.05) is 0 Å². The van der Waals surface area contributed by atoms with Crippen LogP contribution in [-0.2, 0) is 23.9 Å². The summed E-state index contributed by atoms with van der Waals surface area (Å²) >= 11 is 0. The lowest BCUT2D eigenvalue weighted by Crippen LogP contribution is -2.26. The van der Waals surface area contributed by atoms with Gasteiger partial charge in [-0.1, -0.05) is 6.07 Å². The summed E-state index contributed by atoms with van der Waals surface area (Å²) in [6, 6.07) is 3.45. The number of pyridine rings is 1. The van der Waals surface area contributed by atoms with Gasteiger partial charge in [0.15, 0.2) is 0 Å². The molecule has 0 aliphatic heterocycles. The standard InChI is InChI=1S/C17H17F3N6O2/c1-9-12(6-13(27)21-7-11-4-5-14(28-3)22-8-11)10(2)26-16(23-9)24-15(25-26)17(18,19)20/h4-5,8H,6-7H2,1-3H3,(H,21,27). The first-order chi connectivity index (χ1) is 13.2. The maximum absolute atomic E-state index is 12.8. The number of alkyl halides is 3. The van der Waals surface area contributed by atoms with Gasteiger partial charge in [-0.05, 0) is 19.4 Å². The van der Waals surface area contributed by atoms with Gasteiger partial charge < -0.3 is 10.1 Å². The van der Waals surface area contributed by atoms with Crippen LogP contribution in [0.5, 0.6) is 5.88 Å². The molecular formula is C17H17F3N6O2. The van der Waals surface area contributed by atoms with Crippen LogP contribution in [0.2, 0.25) is 0 Å². The quantitative estimate of drug-likeness (QED) is 0.712. The molecule has 3 aromatic rings. The summed E-state index contributed by atoms with van der Waals surface area (Å²) in [6.07, 6.45) is -3.14. The minimum Gasteiger partial charge on any atom is -0.481 e. The number of amides is 1. The number of ether oxygens (including phenoxy) is 1. The topological polar surface area (TPSA) is 94.3 Å². The molecule has 0 spiro atoms. The number of carbonyl (C=O) groups is 1. The van der Waals surface area contributed by atoms with E-state index in [1.54, 1.807) is 32.2 Å². The number of methoxy groups -OCH3 is 1. The molecule has 0 unspecified atom stereocenters. The van der Waals surface area contributed by atoms with E-state index < -0.39 is 12.0 Å². The Labute approximate surface area is 157 Å². The number of hydrogen-bond acceptors (Lipinski definition) is 6. The molecule has 1 N–H and O–H groups in total. The smallest absolute Gasteiger partial charge is 0.453 e. The van der Waals surface area contributed by atoms with Gasteiger partial charge in [0.05, 0.1) is 13.5 Å². The fraction of sp³-hybridized carbons (Fsp3) is 0.353. The highest BCUT2D eigenvalue weighted by Crippen LogP contribution is 2.27. The summed E-state index contributed by atoms with van der Waals surface area (Å²) in [4.78, 5) is 23.8. The fourth-order valence-corrected chi connectivity index (χ4v) is 2.64. The highest BCUT2D eigenvalue weighted by atomic mass is 19.4. The van der Waals surface area contributed by atoms with Crippen LogP contribution in [0.4, 0.5) is 13.2 Å². The van der Waals surface area contributed by atoms with Crippen molar-refractivity contribution in [3.8, 4) is 5.88 Å². The van der Waals surface area contributed by atoms with Crippen molar-refractivity contribution in [1.82, 2.24) is 29.9 Å². The van der Waals surface area contributed by atoms with Crippen molar-refractivity contribution in [2.24, 2.45) is 0 Å². The van der Waals surface area contributed by atoms with Crippen LogP contribution >= 0.6 is 0 Å². The number of fused-ring (bicyclic) bond motifs is 1. The molecule has 11 heteroatoms. The van der Waals surface area contributed by atoms with Crippen molar-refractivity contribution in [1.29, 1.82) is 0 Å². The maximum Gasteiger partial charge on any atom is 0.453 e. The van der Waals surface area contributed by atoms with Gasteiger partial charge in [-0.25, -0.2) is 14.5 Å². The first-order valence-corrected chi connectivity index (χ1v) is 8.24. The van der Waals surface area contributed by atoms with Gasteiger partial charge in [-0.3, -0.25) is 4.79 Å². The van der Waals surface area contributed by atoms with E-state index in [1.165, 1.54) is 7.11 Å². The Hall–Kier alpha value is -3.24. The molecule has 3 rings (SSSR count). The van der Waals surface area contributed by atoms with Gasteiger partial charge in [-0.15, -0.1) is 5.10 Å². The van der Waals surface area contributed by atoms with Crippen LogP contribution in [0.1, 0.15) is 28.3 Å². The lowest BCUT2D eigenvalue weighted by Gasteiger charge is -2.11. The molecular weight excluding hydrogens is 377 g/mol. The van der Waals surface area contributed by atoms with Crippen LogP contribution in [0, 0.1) is 13.8 Å². The molecule has 0 aromatic carbocycles. The van der Waals surface area contributed by atoms with Crippen LogP contribution < -0.4 is 10.1 Å². The zero-order valence-corrected chi connectivity index (χ0v) is 15.3. The Balaban J connectivity index is 1.76. The Morgan fingerprint density at radius 2 is 2.00 bits per heavy atom. The van der Waals surface area contributed by atoms with Gasteiger partial charge in [0.25, 0.3) is 11.6 Å². The highest BCUT2D eigenvalue weighted by Gasteiger charge is 2.37. The molecule has 0 radical (unpaired) electrons. The lowest BCUT2D eigenvalue weighted by atomic mass is 10.1. The van der Waals surface area contributed by atoms with E-state index in [-0.39, 0.29) is 24.7 Å². The Kier molecular flexibility index (Phi) is 5.16. The molecule has 0 bridgehead atoms. The first-order valence-electron chi connectivity index (χ1n) is 8.24. The molecule has 8 nitrogen and oxygen atoms in total. The van der Waals surface area contributed by atoms with Gasteiger partial charge in [0.1, 0.15) is 0 Å². The fourth-order valence-electron chi connectivity index (χ4n) is 2.64. The third-order valence-electron chi connectivity index (χ3n) is 4.14. The Morgan fingerprint density at radius 3 is 2.61 bits per heavy atom. The molecule has 0 aliphatic carbocycles. The van der Waals surface area contributed by atoms with Gasteiger partial charge >= 0.3 is 6.18 Å². The number of aryl methyl sites for hydroxylation is 2. The van der Waals surface area contributed by atoms with Crippen molar-refractivity contribution in [2.75, 3.05) is 7.11 Å². The molecule has 0 saturated carbocycles. The molecule has 3 aromatic heterocycles. The Bertz CT molecular complexity index is 1010. The molecule has 0 saturated heterocycles. The van der Waals surface area contributed by atoms with Crippen molar-refractivity contribution in [3.63, 3.8) is 0 Å². The first kappa shape index (κ1) is 19.5. The number of aromatic nitrogens is 5. The molecule has 0 aliphatic rings. The minimum absolute atomic E-state index is 0.0502. The lowest BCUT2D eigenvalue weighted by molar-refractivity contribution is -0.144. The highest BCUT2D eigenvalue weighted by molar-refractivity contribution is 5.79. The minimum atomic E-state index is -4.67. The molecule has 148 valence electrons.